The van der Waals surface area contributed by atoms with E-state index < -0.39 is 6.10 Å². The molecule has 0 aromatic heterocycles. The second-order valence-corrected chi connectivity index (χ2v) is 17.6. The number of rotatable bonds is 45. The zero-order chi connectivity index (χ0) is 41.0. The molecule has 0 N–H and O–H groups in total. The van der Waals surface area contributed by atoms with Crippen molar-refractivity contribution in [3.8, 4) is 0 Å². The summed E-state index contributed by atoms with van der Waals surface area (Å²) in [6.45, 7) is 9.00. The number of carbonyl (C=O) groups is 3. The highest BCUT2D eigenvalue weighted by Crippen LogP contribution is 2.17. The van der Waals surface area contributed by atoms with E-state index in [9.17, 15) is 14.4 Å². The molecule has 0 aromatic carbocycles. The van der Waals surface area contributed by atoms with Crippen LogP contribution < -0.4 is 0 Å². The molecule has 6 nitrogen and oxygen atoms in total. The van der Waals surface area contributed by atoms with Gasteiger partial charge >= 0.3 is 17.9 Å². The van der Waals surface area contributed by atoms with Gasteiger partial charge in [0.2, 0.25) is 0 Å². The molecule has 0 aliphatic carbocycles. The lowest BCUT2D eigenvalue weighted by molar-refractivity contribution is -0.167. The van der Waals surface area contributed by atoms with E-state index in [0.29, 0.717) is 19.3 Å². The molecule has 0 aromatic rings. The van der Waals surface area contributed by atoms with Crippen molar-refractivity contribution >= 4 is 17.9 Å². The highest BCUT2D eigenvalue weighted by Gasteiger charge is 2.19. The zero-order valence-corrected chi connectivity index (χ0v) is 38.1. The predicted molar refractivity (Wildman–Crippen MR) is 238 cm³/mol. The molecular formula is C50H96O6. The van der Waals surface area contributed by atoms with Crippen LogP contribution in [0.15, 0.2) is 0 Å². The first kappa shape index (κ1) is 54.4. The van der Waals surface area contributed by atoms with Crippen LogP contribution >= 0.6 is 0 Å². The Labute approximate surface area is 348 Å². The molecule has 0 rings (SSSR count). The van der Waals surface area contributed by atoms with Crippen molar-refractivity contribution in [1.82, 2.24) is 0 Å². The van der Waals surface area contributed by atoms with Crippen LogP contribution in [0.4, 0.5) is 0 Å². The Hall–Kier alpha value is -1.59. The fourth-order valence-corrected chi connectivity index (χ4v) is 7.51. The van der Waals surface area contributed by atoms with Crippen LogP contribution in [-0.4, -0.2) is 37.2 Å². The van der Waals surface area contributed by atoms with Crippen LogP contribution in [0, 0.1) is 5.92 Å². The average molecular weight is 793 g/mol. The fourth-order valence-electron chi connectivity index (χ4n) is 7.51. The Bertz CT molecular complexity index is 841. The lowest BCUT2D eigenvalue weighted by Gasteiger charge is -2.18. The van der Waals surface area contributed by atoms with E-state index in [4.69, 9.17) is 14.2 Å². The van der Waals surface area contributed by atoms with Gasteiger partial charge in [0.15, 0.2) is 6.10 Å². The van der Waals surface area contributed by atoms with Gasteiger partial charge in [-0.1, -0.05) is 240 Å². The molecule has 1 atom stereocenters. The number of unbranched alkanes of at least 4 members (excludes halogenated alkanes) is 32. The largest absolute Gasteiger partial charge is 0.462 e. The van der Waals surface area contributed by atoms with Gasteiger partial charge in [0, 0.05) is 19.3 Å². The average Bonchev–Trinajstić information content (AvgIpc) is 3.18. The van der Waals surface area contributed by atoms with Gasteiger partial charge in [-0.2, -0.15) is 0 Å². The first-order valence-corrected chi connectivity index (χ1v) is 24.9. The maximum Gasteiger partial charge on any atom is 0.306 e. The summed E-state index contributed by atoms with van der Waals surface area (Å²) in [6.07, 6.45) is 45.2. The number of carbonyl (C=O) groups excluding carboxylic acids is 3. The maximum atomic E-state index is 12.7. The van der Waals surface area contributed by atoms with E-state index in [1.807, 2.05) is 0 Å². The van der Waals surface area contributed by atoms with Gasteiger partial charge in [-0.05, 0) is 25.2 Å². The Morgan fingerprint density at radius 3 is 0.875 bits per heavy atom. The van der Waals surface area contributed by atoms with E-state index in [1.165, 1.54) is 173 Å². The third-order valence-corrected chi connectivity index (χ3v) is 11.3. The Morgan fingerprint density at radius 1 is 0.339 bits per heavy atom. The predicted octanol–water partition coefficient (Wildman–Crippen LogP) is 15.9. The van der Waals surface area contributed by atoms with Crippen molar-refractivity contribution < 1.29 is 28.6 Å². The smallest absolute Gasteiger partial charge is 0.306 e. The molecule has 0 spiro atoms. The fraction of sp³-hybridized carbons (Fsp3) is 0.940. The van der Waals surface area contributed by atoms with Crippen molar-refractivity contribution in [2.45, 2.75) is 284 Å². The summed E-state index contributed by atoms with van der Waals surface area (Å²) in [4.78, 5) is 37.8. The number of esters is 3. The number of hydrogen-bond acceptors (Lipinski definition) is 6. The summed E-state index contributed by atoms with van der Waals surface area (Å²) in [5, 5.41) is 0. The first-order valence-electron chi connectivity index (χ1n) is 24.9. The molecule has 0 aliphatic heterocycles. The topological polar surface area (TPSA) is 78.9 Å². The highest BCUT2D eigenvalue weighted by atomic mass is 16.6. The van der Waals surface area contributed by atoms with Crippen LogP contribution in [0.25, 0.3) is 0 Å². The highest BCUT2D eigenvalue weighted by molar-refractivity contribution is 5.71. The molecule has 0 saturated carbocycles. The van der Waals surface area contributed by atoms with Gasteiger partial charge in [0.25, 0.3) is 0 Å². The van der Waals surface area contributed by atoms with Crippen molar-refractivity contribution in [3.05, 3.63) is 0 Å². The van der Waals surface area contributed by atoms with E-state index >= 15 is 0 Å². The minimum Gasteiger partial charge on any atom is -0.462 e. The minimum absolute atomic E-state index is 0.0632. The van der Waals surface area contributed by atoms with Gasteiger partial charge in [-0.3, -0.25) is 14.4 Å². The summed E-state index contributed by atoms with van der Waals surface area (Å²) >= 11 is 0. The van der Waals surface area contributed by atoms with Crippen molar-refractivity contribution in [3.63, 3.8) is 0 Å². The van der Waals surface area contributed by atoms with Crippen LogP contribution in [0.5, 0.6) is 0 Å². The summed E-state index contributed by atoms with van der Waals surface area (Å²) in [5.74, 6) is -0.0231. The first-order chi connectivity index (χ1) is 27.4. The lowest BCUT2D eigenvalue weighted by Crippen LogP contribution is -2.30. The van der Waals surface area contributed by atoms with E-state index in [-0.39, 0.29) is 31.1 Å². The molecule has 0 heterocycles. The summed E-state index contributed by atoms with van der Waals surface area (Å²) in [6, 6.07) is 0. The zero-order valence-electron chi connectivity index (χ0n) is 38.1. The lowest BCUT2D eigenvalue weighted by atomic mass is 10.0. The van der Waals surface area contributed by atoms with Crippen LogP contribution in [0.2, 0.25) is 0 Å². The van der Waals surface area contributed by atoms with Gasteiger partial charge in [0.05, 0.1) is 0 Å². The van der Waals surface area contributed by atoms with Gasteiger partial charge in [0.1, 0.15) is 13.2 Å². The second-order valence-electron chi connectivity index (χ2n) is 17.6. The molecule has 0 unspecified atom stereocenters. The van der Waals surface area contributed by atoms with Gasteiger partial charge in [-0.15, -0.1) is 0 Å². The number of ether oxygens (including phenoxy) is 3. The standard InChI is InChI=1S/C50H96O6/c1-5-7-9-11-13-15-16-17-18-19-22-26-29-33-37-41-48(51)54-44-47(56-50(53)43-39-35-31-24-14-12-10-8-6-2)45-55-49(52)42-38-34-30-27-23-20-21-25-28-32-36-40-46(3)4/h46-47H,5-45H2,1-4H3/t47-/m1/s1. The molecule has 0 aliphatic rings. The molecule has 0 radical (unpaired) electrons. The second kappa shape index (κ2) is 44.5. The molecule has 6 heteroatoms. The maximum absolute atomic E-state index is 12.7. The Kier molecular flexibility index (Phi) is 43.2. The Balaban J connectivity index is 4.25. The molecule has 0 amide bonds. The summed E-state index contributed by atoms with van der Waals surface area (Å²) in [7, 11) is 0. The third kappa shape index (κ3) is 43.5. The van der Waals surface area contributed by atoms with Gasteiger partial charge in [-0.25, -0.2) is 0 Å². The molecular weight excluding hydrogens is 697 g/mol. The van der Waals surface area contributed by atoms with Crippen LogP contribution in [-0.2, 0) is 28.6 Å². The quantitative estimate of drug-likeness (QED) is 0.0347. The van der Waals surface area contributed by atoms with Crippen LogP contribution in [0.3, 0.4) is 0 Å². The molecule has 56 heavy (non-hydrogen) atoms. The van der Waals surface area contributed by atoms with E-state index in [0.717, 1.165) is 63.7 Å². The Morgan fingerprint density at radius 2 is 0.589 bits per heavy atom. The summed E-state index contributed by atoms with van der Waals surface area (Å²) in [5.41, 5.74) is 0. The van der Waals surface area contributed by atoms with Crippen LogP contribution in [0.1, 0.15) is 278 Å². The van der Waals surface area contributed by atoms with Gasteiger partial charge < -0.3 is 14.2 Å². The summed E-state index contributed by atoms with van der Waals surface area (Å²) < 4.78 is 16.8. The van der Waals surface area contributed by atoms with E-state index in [2.05, 4.69) is 27.7 Å². The normalized spacial score (nSPS) is 11.9. The molecule has 332 valence electrons. The van der Waals surface area contributed by atoms with E-state index in [1.54, 1.807) is 0 Å². The molecule has 0 fully saturated rings. The molecule has 0 bridgehead atoms. The van der Waals surface area contributed by atoms with Crippen molar-refractivity contribution in [2.24, 2.45) is 5.92 Å². The SMILES string of the molecule is CCCCCCCCCCCCCCCCCC(=O)OC[C@H](COC(=O)CCCCCCCCCCCCCC(C)C)OC(=O)CCCCCCCCCCC. The van der Waals surface area contributed by atoms with Crippen molar-refractivity contribution in [1.29, 1.82) is 0 Å². The molecule has 0 saturated heterocycles. The minimum atomic E-state index is -0.759. The monoisotopic (exact) mass is 793 g/mol. The third-order valence-electron chi connectivity index (χ3n) is 11.3. The number of hydrogen-bond donors (Lipinski definition) is 0. The van der Waals surface area contributed by atoms with Crippen molar-refractivity contribution in [2.75, 3.05) is 13.2 Å².